The van der Waals surface area contributed by atoms with Crippen LogP contribution in [-0.4, -0.2) is 25.3 Å². The van der Waals surface area contributed by atoms with Crippen LogP contribution in [0.1, 0.15) is 25.0 Å². The molecule has 0 saturated heterocycles. The molecule has 2 aromatic heterocycles. The van der Waals surface area contributed by atoms with Gasteiger partial charge >= 0.3 is 0 Å². The van der Waals surface area contributed by atoms with Crippen LogP contribution >= 0.6 is 22.7 Å². The molecule has 0 aromatic carbocycles. The first-order chi connectivity index (χ1) is 8.55. The maximum absolute atomic E-state index is 9.04. The molecule has 4 heteroatoms. The Hall–Kier alpha value is -0.840. The van der Waals surface area contributed by atoms with Crippen molar-refractivity contribution in [3.63, 3.8) is 0 Å². The smallest absolute Gasteiger partial charge is 0.0916 e. The van der Waals surface area contributed by atoms with E-state index < -0.39 is 0 Å². The maximum Gasteiger partial charge on any atom is 0.0916 e. The molecule has 0 spiro atoms. The summed E-state index contributed by atoms with van der Waals surface area (Å²) in [6.07, 6.45) is 0. The summed E-state index contributed by atoms with van der Waals surface area (Å²) in [7, 11) is 2.04. The molecule has 0 bridgehead atoms. The molecular formula is C14H17NOS2. The predicted molar refractivity (Wildman–Crippen MR) is 80.1 cm³/mol. The van der Waals surface area contributed by atoms with Crippen LogP contribution in [0.15, 0.2) is 17.5 Å². The van der Waals surface area contributed by atoms with Crippen molar-refractivity contribution in [2.24, 2.45) is 0 Å². The van der Waals surface area contributed by atoms with Crippen LogP contribution in [0.5, 0.6) is 0 Å². The van der Waals surface area contributed by atoms with Crippen LogP contribution in [0, 0.1) is 0 Å². The average Bonchev–Trinajstić information content (AvgIpc) is 2.98. The molecule has 3 rings (SSSR count). The minimum absolute atomic E-state index is 0.124. The Morgan fingerprint density at radius 1 is 1.28 bits per heavy atom. The van der Waals surface area contributed by atoms with Gasteiger partial charge in [0.2, 0.25) is 0 Å². The molecule has 0 atom stereocenters. The van der Waals surface area contributed by atoms with Gasteiger partial charge < -0.3 is 10.0 Å². The molecule has 0 aliphatic heterocycles. The van der Waals surface area contributed by atoms with Crippen molar-refractivity contribution in [1.82, 2.24) is 0 Å². The molecule has 0 fully saturated rings. The van der Waals surface area contributed by atoms with Crippen molar-refractivity contribution in [1.29, 1.82) is 0 Å². The van der Waals surface area contributed by atoms with Gasteiger partial charge in [-0.3, -0.25) is 0 Å². The fourth-order valence-electron chi connectivity index (χ4n) is 2.58. The number of anilines is 1. The van der Waals surface area contributed by atoms with E-state index in [2.05, 4.69) is 36.3 Å². The molecule has 2 nitrogen and oxygen atoms in total. The van der Waals surface area contributed by atoms with Crippen LogP contribution in [0.3, 0.4) is 0 Å². The van der Waals surface area contributed by atoms with Gasteiger partial charge in [0, 0.05) is 23.9 Å². The standard InChI is InChI=1S/C14H17NOS2/c1-14(2)9-4-7-17-12(9)13-10(14)8-11(18-13)15(3)5-6-16/h4,7-8,16H,5-6H2,1-3H3. The van der Waals surface area contributed by atoms with Crippen molar-refractivity contribution >= 4 is 27.7 Å². The van der Waals surface area contributed by atoms with Crippen molar-refractivity contribution in [3.8, 4) is 9.75 Å². The first kappa shape index (κ1) is 12.2. The van der Waals surface area contributed by atoms with Crippen LogP contribution in [0.4, 0.5) is 5.00 Å². The van der Waals surface area contributed by atoms with Crippen molar-refractivity contribution in [3.05, 3.63) is 28.6 Å². The molecular weight excluding hydrogens is 262 g/mol. The lowest BCUT2D eigenvalue weighted by molar-refractivity contribution is 0.304. The van der Waals surface area contributed by atoms with E-state index in [4.69, 9.17) is 5.11 Å². The minimum Gasteiger partial charge on any atom is -0.395 e. The lowest BCUT2D eigenvalue weighted by Crippen LogP contribution is -2.20. The van der Waals surface area contributed by atoms with Crippen molar-refractivity contribution in [2.75, 3.05) is 25.1 Å². The van der Waals surface area contributed by atoms with E-state index in [0.29, 0.717) is 6.54 Å². The molecule has 0 saturated carbocycles. The molecule has 0 radical (unpaired) electrons. The van der Waals surface area contributed by atoms with E-state index in [1.807, 2.05) is 29.7 Å². The molecule has 1 aliphatic carbocycles. The molecule has 0 unspecified atom stereocenters. The summed E-state index contributed by atoms with van der Waals surface area (Å²) in [5.41, 5.74) is 3.03. The van der Waals surface area contributed by atoms with Crippen LogP contribution in [0.2, 0.25) is 0 Å². The average molecular weight is 279 g/mol. The Morgan fingerprint density at radius 2 is 2.06 bits per heavy atom. The van der Waals surface area contributed by atoms with Gasteiger partial charge in [-0.1, -0.05) is 13.8 Å². The minimum atomic E-state index is 0.124. The third kappa shape index (κ3) is 1.56. The fraction of sp³-hybridized carbons (Fsp3) is 0.429. The SMILES string of the molecule is CN(CCO)c1cc2c(s1)-c1sccc1C2(C)C. The van der Waals surface area contributed by atoms with Gasteiger partial charge in [-0.25, -0.2) is 0 Å². The third-order valence-electron chi connectivity index (χ3n) is 3.75. The van der Waals surface area contributed by atoms with E-state index >= 15 is 0 Å². The van der Waals surface area contributed by atoms with Crippen molar-refractivity contribution < 1.29 is 5.11 Å². The van der Waals surface area contributed by atoms with Crippen LogP contribution in [0.25, 0.3) is 9.75 Å². The van der Waals surface area contributed by atoms with Crippen molar-refractivity contribution in [2.45, 2.75) is 19.3 Å². The number of aliphatic hydroxyl groups is 1. The van der Waals surface area contributed by atoms with Crippen LogP contribution < -0.4 is 4.90 Å². The van der Waals surface area contributed by atoms with Gasteiger partial charge in [-0.05, 0) is 28.6 Å². The van der Waals surface area contributed by atoms with Gasteiger partial charge in [-0.2, -0.15) is 0 Å². The second-order valence-corrected chi connectivity index (χ2v) is 7.21. The number of rotatable bonds is 3. The number of thiophene rings is 2. The summed E-state index contributed by atoms with van der Waals surface area (Å²) in [4.78, 5) is 4.99. The van der Waals surface area contributed by atoms with Gasteiger partial charge in [0.1, 0.15) is 0 Å². The number of nitrogens with zero attached hydrogens (tertiary/aromatic N) is 1. The first-order valence-electron chi connectivity index (χ1n) is 6.10. The second kappa shape index (κ2) is 4.08. The fourth-order valence-corrected chi connectivity index (χ4v) is 5.12. The Labute approximate surface area is 116 Å². The number of aliphatic hydroxyl groups excluding tert-OH is 1. The predicted octanol–water partition coefficient (Wildman–Crippen LogP) is 3.54. The van der Waals surface area contributed by atoms with E-state index in [1.165, 1.54) is 25.9 Å². The monoisotopic (exact) mass is 279 g/mol. The Balaban J connectivity index is 2.09. The number of hydrogen-bond acceptors (Lipinski definition) is 4. The Kier molecular flexibility index (Phi) is 2.77. The molecule has 2 aromatic rings. The second-order valence-electron chi connectivity index (χ2n) is 5.26. The zero-order chi connectivity index (χ0) is 12.9. The van der Waals surface area contributed by atoms with Gasteiger partial charge in [0.05, 0.1) is 16.5 Å². The largest absolute Gasteiger partial charge is 0.395 e. The molecule has 96 valence electrons. The van der Waals surface area contributed by atoms with E-state index in [-0.39, 0.29) is 12.0 Å². The molecule has 1 N–H and O–H groups in total. The molecule has 18 heavy (non-hydrogen) atoms. The molecule has 0 amide bonds. The lowest BCUT2D eigenvalue weighted by Gasteiger charge is -2.20. The van der Waals surface area contributed by atoms with Gasteiger partial charge in [-0.15, -0.1) is 22.7 Å². The molecule has 2 heterocycles. The highest BCUT2D eigenvalue weighted by atomic mass is 32.1. The topological polar surface area (TPSA) is 23.5 Å². The number of fused-ring (bicyclic) bond motifs is 3. The highest BCUT2D eigenvalue weighted by molar-refractivity contribution is 7.24. The highest BCUT2D eigenvalue weighted by Gasteiger charge is 2.38. The normalized spacial score (nSPS) is 15.6. The Bertz CT molecular complexity index is 582. The van der Waals surface area contributed by atoms with E-state index in [1.54, 1.807) is 0 Å². The maximum atomic E-state index is 9.04. The van der Waals surface area contributed by atoms with Crippen LogP contribution in [-0.2, 0) is 5.41 Å². The summed E-state index contributed by atoms with van der Waals surface area (Å²) < 4.78 is 0. The summed E-state index contributed by atoms with van der Waals surface area (Å²) in [5, 5.41) is 12.5. The van der Waals surface area contributed by atoms with Gasteiger partial charge in [0.15, 0.2) is 0 Å². The third-order valence-corrected chi connectivity index (χ3v) is 6.08. The zero-order valence-corrected chi connectivity index (χ0v) is 12.5. The lowest BCUT2D eigenvalue weighted by atomic mass is 9.84. The summed E-state index contributed by atoms with van der Waals surface area (Å²) in [5.74, 6) is 0. The van der Waals surface area contributed by atoms with E-state index in [9.17, 15) is 0 Å². The van der Waals surface area contributed by atoms with Gasteiger partial charge in [0.25, 0.3) is 0 Å². The zero-order valence-electron chi connectivity index (χ0n) is 10.9. The number of hydrogen-bond donors (Lipinski definition) is 1. The first-order valence-corrected chi connectivity index (χ1v) is 7.80. The molecule has 1 aliphatic rings. The number of likely N-dealkylation sites (N-methyl/N-ethyl adjacent to an activating group) is 1. The quantitative estimate of drug-likeness (QED) is 0.929. The van der Waals surface area contributed by atoms with E-state index in [0.717, 1.165) is 0 Å². The highest BCUT2D eigenvalue weighted by Crippen LogP contribution is 2.55. The summed E-state index contributed by atoms with van der Waals surface area (Å²) in [6, 6.07) is 4.55. The summed E-state index contributed by atoms with van der Waals surface area (Å²) >= 11 is 3.68. The summed E-state index contributed by atoms with van der Waals surface area (Å²) in [6.45, 7) is 5.49. The Morgan fingerprint density at radius 3 is 2.78 bits per heavy atom.